The number of benzene rings is 1. The Kier molecular flexibility index (Phi) is 7.01. The van der Waals surface area contributed by atoms with E-state index < -0.39 is 23.6 Å². The standard InChI is InChI=1S/C19H28N2O3/c1-6-14(2)16(17(20)22)21(18(23)24-19(3,4)5)13-12-15-10-8-7-9-11-15/h7-14,16H,6H2,1-5H3,(H2,20,22)/t14-,16-/m0/s1. The van der Waals surface area contributed by atoms with Gasteiger partial charge in [0.05, 0.1) is 0 Å². The summed E-state index contributed by atoms with van der Waals surface area (Å²) in [6.45, 7) is 9.20. The molecule has 1 aromatic rings. The number of hydrogen-bond donors (Lipinski definition) is 1. The average molecular weight is 332 g/mol. The first-order valence-corrected chi connectivity index (χ1v) is 8.19. The Labute approximate surface area is 144 Å². The Morgan fingerprint density at radius 3 is 2.29 bits per heavy atom. The lowest BCUT2D eigenvalue weighted by Crippen LogP contribution is -2.50. The van der Waals surface area contributed by atoms with E-state index in [0.717, 1.165) is 5.56 Å². The van der Waals surface area contributed by atoms with Crippen LogP contribution in [0.3, 0.4) is 0 Å². The van der Waals surface area contributed by atoms with E-state index in [2.05, 4.69) is 0 Å². The first-order chi connectivity index (χ1) is 11.2. The molecule has 2 N–H and O–H groups in total. The van der Waals surface area contributed by atoms with Gasteiger partial charge in [0.1, 0.15) is 11.6 Å². The van der Waals surface area contributed by atoms with Crippen molar-refractivity contribution in [1.29, 1.82) is 0 Å². The van der Waals surface area contributed by atoms with E-state index in [1.54, 1.807) is 33.0 Å². The van der Waals surface area contributed by atoms with Gasteiger partial charge in [-0.2, -0.15) is 0 Å². The number of hydrogen-bond acceptors (Lipinski definition) is 3. The molecule has 0 unspecified atom stereocenters. The molecule has 0 fully saturated rings. The smallest absolute Gasteiger partial charge is 0.415 e. The fourth-order valence-corrected chi connectivity index (χ4v) is 2.23. The molecule has 0 heterocycles. The van der Waals surface area contributed by atoms with Crippen LogP contribution in [0.4, 0.5) is 4.79 Å². The highest BCUT2D eigenvalue weighted by atomic mass is 16.6. The third kappa shape index (κ3) is 6.07. The van der Waals surface area contributed by atoms with Gasteiger partial charge in [-0.05, 0) is 38.3 Å². The lowest BCUT2D eigenvalue weighted by atomic mass is 9.97. The number of carbonyl (C=O) groups is 2. The van der Waals surface area contributed by atoms with Crippen molar-refractivity contribution >= 4 is 18.1 Å². The molecule has 2 atom stereocenters. The summed E-state index contributed by atoms with van der Waals surface area (Å²) >= 11 is 0. The lowest BCUT2D eigenvalue weighted by Gasteiger charge is -2.32. The van der Waals surface area contributed by atoms with Gasteiger partial charge in [0.2, 0.25) is 5.91 Å². The number of nitrogens with zero attached hydrogens (tertiary/aromatic N) is 1. The summed E-state index contributed by atoms with van der Waals surface area (Å²) in [6, 6.07) is 8.77. The van der Waals surface area contributed by atoms with Crippen LogP contribution in [0.5, 0.6) is 0 Å². The van der Waals surface area contributed by atoms with Crippen LogP contribution in [0.25, 0.3) is 6.08 Å². The van der Waals surface area contributed by atoms with E-state index in [1.807, 2.05) is 44.2 Å². The molecule has 5 heteroatoms. The Balaban J connectivity index is 3.16. The largest absolute Gasteiger partial charge is 0.443 e. The molecule has 0 saturated carbocycles. The van der Waals surface area contributed by atoms with Crippen LogP contribution in [0.15, 0.2) is 36.5 Å². The molecule has 0 aromatic heterocycles. The number of amides is 2. The van der Waals surface area contributed by atoms with Crippen LogP contribution in [0.1, 0.15) is 46.6 Å². The van der Waals surface area contributed by atoms with Gasteiger partial charge in [-0.25, -0.2) is 4.79 Å². The van der Waals surface area contributed by atoms with E-state index in [0.29, 0.717) is 6.42 Å². The predicted molar refractivity (Wildman–Crippen MR) is 96.0 cm³/mol. The quantitative estimate of drug-likeness (QED) is 0.861. The second-order valence-corrected chi connectivity index (χ2v) is 6.85. The minimum Gasteiger partial charge on any atom is -0.443 e. The first kappa shape index (κ1) is 19.7. The third-order valence-corrected chi connectivity index (χ3v) is 3.61. The van der Waals surface area contributed by atoms with Crippen molar-refractivity contribution in [3.05, 3.63) is 42.1 Å². The van der Waals surface area contributed by atoms with E-state index in [1.165, 1.54) is 4.90 Å². The number of ether oxygens (including phenoxy) is 1. The Hall–Kier alpha value is -2.30. The van der Waals surface area contributed by atoms with Crippen molar-refractivity contribution in [2.24, 2.45) is 11.7 Å². The van der Waals surface area contributed by atoms with Gasteiger partial charge in [0.15, 0.2) is 0 Å². The van der Waals surface area contributed by atoms with E-state index in [9.17, 15) is 9.59 Å². The number of primary amides is 1. The molecule has 1 rings (SSSR count). The van der Waals surface area contributed by atoms with Crippen molar-refractivity contribution < 1.29 is 14.3 Å². The SMILES string of the molecule is CC[C@H](C)[C@@H](C(N)=O)N(C=Cc1ccccc1)C(=O)OC(C)(C)C. The third-order valence-electron chi connectivity index (χ3n) is 3.61. The molecule has 0 spiro atoms. The number of nitrogens with two attached hydrogens (primary N) is 1. The summed E-state index contributed by atoms with van der Waals surface area (Å²) in [6.07, 6.45) is 3.47. The summed E-state index contributed by atoms with van der Waals surface area (Å²) in [5, 5.41) is 0. The van der Waals surface area contributed by atoms with E-state index in [4.69, 9.17) is 10.5 Å². The van der Waals surface area contributed by atoms with Crippen LogP contribution >= 0.6 is 0 Å². The highest BCUT2D eigenvalue weighted by Crippen LogP contribution is 2.20. The normalized spacial score (nSPS) is 14.2. The van der Waals surface area contributed by atoms with Gasteiger partial charge >= 0.3 is 6.09 Å². The van der Waals surface area contributed by atoms with Crippen LogP contribution in [0, 0.1) is 5.92 Å². The summed E-state index contributed by atoms with van der Waals surface area (Å²) in [7, 11) is 0. The molecule has 0 radical (unpaired) electrons. The van der Waals surface area contributed by atoms with Crippen LogP contribution in [-0.4, -0.2) is 28.5 Å². The molecule has 2 amide bonds. The van der Waals surface area contributed by atoms with Gasteiger partial charge in [0.25, 0.3) is 0 Å². The molecule has 0 saturated heterocycles. The van der Waals surface area contributed by atoms with Gasteiger partial charge in [-0.1, -0.05) is 50.6 Å². The molecular weight excluding hydrogens is 304 g/mol. The summed E-state index contributed by atoms with van der Waals surface area (Å²) in [4.78, 5) is 25.9. The molecule has 0 bridgehead atoms. The Morgan fingerprint density at radius 1 is 1.25 bits per heavy atom. The molecule has 1 aromatic carbocycles. The summed E-state index contributed by atoms with van der Waals surface area (Å²) < 4.78 is 5.44. The Morgan fingerprint density at radius 2 is 1.83 bits per heavy atom. The van der Waals surface area contributed by atoms with Gasteiger partial charge in [-0.3, -0.25) is 9.69 Å². The molecule has 24 heavy (non-hydrogen) atoms. The monoisotopic (exact) mass is 332 g/mol. The van der Waals surface area contributed by atoms with Crippen molar-refractivity contribution in [2.45, 2.75) is 52.7 Å². The lowest BCUT2D eigenvalue weighted by molar-refractivity contribution is -0.124. The molecule has 132 valence electrons. The minimum absolute atomic E-state index is 0.0876. The van der Waals surface area contributed by atoms with E-state index >= 15 is 0 Å². The second kappa shape index (κ2) is 8.52. The fraction of sp³-hybridized carbons (Fsp3) is 0.474. The molecule has 0 aliphatic rings. The predicted octanol–water partition coefficient (Wildman–Crippen LogP) is 3.79. The van der Waals surface area contributed by atoms with Crippen molar-refractivity contribution in [2.75, 3.05) is 0 Å². The van der Waals surface area contributed by atoms with Gasteiger partial charge in [-0.15, -0.1) is 0 Å². The maximum Gasteiger partial charge on any atom is 0.415 e. The topological polar surface area (TPSA) is 72.6 Å². The average Bonchev–Trinajstić information content (AvgIpc) is 2.49. The van der Waals surface area contributed by atoms with Crippen molar-refractivity contribution in [3.63, 3.8) is 0 Å². The fourth-order valence-electron chi connectivity index (χ4n) is 2.23. The van der Waals surface area contributed by atoms with E-state index in [-0.39, 0.29) is 5.92 Å². The highest BCUT2D eigenvalue weighted by Gasteiger charge is 2.33. The molecular formula is C19H28N2O3. The van der Waals surface area contributed by atoms with Crippen LogP contribution in [-0.2, 0) is 9.53 Å². The van der Waals surface area contributed by atoms with Gasteiger partial charge < -0.3 is 10.5 Å². The highest BCUT2D eigenvalue weighted by molar-refractivity contribution is 5.85. The number of rotatable bonds is 6. The summed E-state index contributed by atoms with van der Waals surface area (Å²) in [5.74, 6) is -0.636. The van der Waals surface area contributed by atoms with Crippen LogP contribution < -0.4 is 5.73 Å². The zero-order valence-electron chi connectivity index (χ0n) is 15.2. The van der Waals surface area contributed by atoms with Crippen molar-refractivity contribution in [1.82, 2.24) is 4.90 Å². The molecule has 0 aliphatic carbocycles. The zero-order chi connectivity index (χ0) is 18.3. The number of carbonyl (C=O) groups excluding carboxylic acids is 2. The molecule has 5 nitrogen and oxygen atoms in total. The summed E-state index contributed by atoms with van der Waals surface area (Å²) in [5.41, 5.74) is 5.82. The first-order valence-electron chi connectivity index (χ1n) is 8.19. The van der Waals surface area contributed by atoms with Crippen molar-refractivity contribution in [3.8, 4) is 0 Å². The molecule has 0 aliphatic heterocycles. The Bertz CT molecular complexity index is 576. The minimum atomic E-state index is -0.759. The second-order valence-electron chi connectivity index (χ2n) is 6.85. The zero-order valence-corrected chi connectivity index (χ0v) is 15.2. The maximum atomic E-state index is 12.6. The maximum absolute atomic E-state index is 12.6. The van der Waals surface area contributed by atoms with Crippen LogP contribution in [0.2, 0.25) is 0 Å². The van der Waals surface area contributed by atoms with Gasteiger partial charge in [0, 0.05) is 6.20 Å².